The monoisotopic (exact) mass is 294 g/mol. The summed E-state index contributed by atoms with van der Waals surface area (Å²) < 4.78 is 31.9. The third-order valence-corrected chi connectivity index (χ3v) is 4.19. The number of rotatable bonds is 3. The molecule has 1 N–H and O–H groups in total. The second-order valence-corrected chi connectivity index (χ2v) is 7.43. The van der Waals surface area contributed by atoms with Gasteiger partial charge in [0.15, 0.2) is 5.82 Å². The fraction of sp³-hybridized carbons (Fsp3) is 0.357. The van der Waals surface area contributed by atoms with Gasteiger partial charge in [-0.15, -0.1) is 0 Å². The Kier molecular flexibility index (Phi) is 3.60. The van der Waals surface area contributed by atoms with E-state index in [-0.39, 0.29) is 16.1 Å². The van der Waals surface area contributed by atoms with Crippen molar-refractivity contribution in [1.29, 1.82) is 0 Å². The Morgan fingerprint density at radius 2 is 1.75 bits per heavy atom. The molecule has 6 heteroatoms. The van der Waals surface area contributed by atoms with Crippen molar-refractivity contribution in [3.8, 4) is 0 Å². The summed E-state index contributed by atoms with van der Waals surface area (Å²) in [6.07, 6.45) is 0. The molecule has 20 heavy (non-hydrogen) atoms. The van der Waals surface area contributed by atoms with E-state index in [0.29, 0.717) is 5.76 Å². The average Bonchev–Trinajstić information content (AvgIpc) is 2.77. The van der Waals surface area contributed by atoms with Crippen molar-refractivity contribution < 1.29 is 12.9 Å². The molecule has 1 heterocycles. The zero-order valence-corrected chi connectivity index (χ0v) is 12.8. The predicted molar refractivity (Wildman–Crippen MR) is 77.2 cm³/mol. The van der Waals surface area contributed by atoms with E-state index in [1.807, 2.05) is 27.7 Å². The molecule has 108 valence electrons. The Labute approximate surface area is 119 Å². The van der Waals surface area contributed by atoms with Gasteiger partial charge in [0, 0.05) is 11.5 Å². The maximum atomic E-state index is 12.2. The van der Waals surface area contributed by atoms with Gasteiger partial charge in [-0.25, -0.2) is 8.42 Å². The highest BCUT2D eigenvalue weighted by Crippen LogP contribution is 2.25. The highest BCUT2D eigenvalue weighted by molar-refractivity contribution is 7.92. The number of aromatic nitrogens is 1. The molecule has 0 spiro atoms. The minimum Gasteiger partial charge on any atom is -0.359 e. The van der Waals surface area contributed by atoms with Crippen LogP contribution in [0, 0.1) is 6.92 Å². The molecule has 1 aromatic carbocycles. The summed E-state index contributed by atoms with van der Waals surface area (Å²) in [6.45, 7) is 7.79. The third kappa shape index (κ3) is 3.19. The first-order valence-electron chi connectivity index (χ1n) is 6.25. The largest absolute Gasteiger partial charge is 0.359 e. The van der Waals surface area contributed by atoms with Gasteiger partial charge in [-0.2, -0.15) is 0 Å². The van der Waals surface area contributed by atoms with Gasteiger partial charge in [0.2, 0.25) is 0 Å². The summed E-state index contributed by atoms with van der Waals surface area (Å²) in [7, 11) is -3.63. The van der Waals surface area contributed by atoms with Crippen molar-refractivity contribution in [2.75, 3.05) is 4.72 Å². The van der Waals surface area contributed by atoms with E-state index in [1.54, 1.807) is 30.3 Å². The van der Waals surface area contributed by atoms with Crippen molar-refractivity contribution in [3.05, 3.63) is 41.7 Å². The maximum Gasteiger partial charge on any atom is 0.263 e. The highest BCUT2D eigenvalue weighted by Gasteiger charge is 2.22. The van der Waals surface area contributed by atoms with E-state index in [1.165, 1.54) is 0 Å². The molecule has 5 nitrogen and oxygen atoms in total. The van der Waals surface area contributed by atoms with Crippen LogP contribution in [-0.4, -0.2) is 13.6 Å². The number of hydrogen-bond donors (Lipinski definition) is 1. The fourth-order valence-corrected chi connectivity index (χ4v) is 2.57. The van der Waals surface area contributed by atoms with Crippen molar-refractivity contribution in [3.63, 3.8) is 0 Å². The zero-order valence-electron chi connectivity index (χ0n) is 12.0. The standard InChI is InChI=1S/C14H18N2O3S/c1-10-5-7-11(8-6-10)20(17,18)16-13-9-12(19-15-13)14(2,3)4/h5-9H,1-4H3,(H,15,16). The molecule has 0 radical (unpaired) electrons. The molecule has 1 aromatic heterocycles. The number of hydrogen-bond acceptors (Lipinski definition) is 4. The lowest BCUT2D eigenvalue weighted by Gasteiger charge is -2.12. The summed E-state index contributed by atoms with van der Waals surface area (Å²) >= 11 is 0. The van der Waals surface area contributed by atoms with Crippen LogP contribution in [0.5, 0.6) is 0 Å². The summed E-state index contributed by atoms with van der Waals surface area (Å²) in [4.78, 5) is 0.198. The second-order valence-electron chi connectivity index (χ2n) is 5.74. The van der Waals surface area contributed by atoms with Gasteiger partial charge in [0.1, 0.15) is 5.76 Å². The van der Waals surface area contributed by atoms with Gasteiger partial charge in [0.05, 0.1) is 4.90 Å². The van der Waals surface area contributed by atoms with Gasteiger partial charge in [-0.1, -0.05) is 43.6 Å². The Balaban J connectivity index is 2.25. The lowest BCUT2D eigenvalue weighted by Crippen LogP contribution is -2.13. The second kappa shape index (κ2) is 4.94. The number of anilines is 1. The summed E-state index contributed by atoms with van der Waals surface area (Å²) in [5.41, 5.74) is 0.779. The van der Waals surface area contributed by atoms with E-state index < -0.39 is 10.0 Å². The van der Waals surface area contributed by atoms with Crippen LogP contribution < -0.4 is 4.72 Å². The number of sulfonamides is 1. The first-order valence-corrected chi connectivity index (χ1v) is 7.73. The Morgan fingerprint density at radius 1 is 1.15 bits per heavy atom. The normalized spacial score (nSPS) is 12.4. The fourth-order valence-electron chi connectivity index (χ4n) is 1.59. The summed E-state index contributed by atoms with van der Waals surface area (Å²) in [5, 5.41) is 3.75. The smallest absolute Gasteiger partial charge is 0.263 e. The quantitative estimate of drug-likeness (QED) is 0.944. The number of nitrogens with one attached hydrogen (secondary N) is 1. The number of nitrogens with zero attached hydrogens (tertiary/aromatic N) is 1. The predicted octanol–water partition coefficient (Wildman–Crippen LogP) is 3.08. The minimum atomic E-state index is -3.63. The summed E-state index contributed by atoms with van der Waals surface area (Å²) in [5.74, 6) is 0.814. The molecule has 0 aliphatic heterocycles. The van der Waals surface area contributed by atoms with Crippen LogP contribution in [0.2, 0.25) is 0 Å². The Bertz CT molecular complexity index is 695. The first-order chi connectivity index (χ1) is 9.18. The average molecular weight is 294 g/mol. The molecule has 0 atom stereocenters. The number of aryl methyl sites for hydroxylation is 1. The molecule has 0 unspecified atom stereocenters. The molecule has 0 saturated heterocycles. The lowest BCUT2D eigenvalue weighted by molar-refractivity contribution is 0.331. The molecule has 0 amide bonds. The molecule has 0 saturated carbocycles. The van der Waals surface area contributed by atoms with Gasteiger partial charge < -0.3 is 4.52 Å². The summed E-state index contributed by atoms with van der Waals surface area (Å²) in [6, 6.07) is 8.21. The topological polar surface area (TPSA) is 72.2 Å². The molecule has 2 rings (SSSR count). The van der Waals surface area contributed by atoms with Crippen LogP contribution in [0.25, 0.3) is 0 Å². The molecular formula is C14H18N2O3S. The van der Waals surface area contributed by atoms with Crippen molar-refractivity contribution in [2.24, 2.45) is 0 Å². The van der Waals surface area contributed by atoms with E-state index >= 15 is 0 Å². The van der Waals surface area contributed by atoms with Crippen LogP contribution in [0.4, 0.5) is 5.82 Å². The van der Waals surface area contributed by atoms with Gasteiger partial charge >= 0.3 is 0 Å². The molecule has 0 aliphatic rings. The van der Waals surface area contributed by atoms with Gasteiger partial charge in [-0.3, -0.25) is 4.72 Å². The molecular weight excluding hydrogens is 276 g/mol. The maximum absolute atomic E-state index is 12.2. The number of benzene rings is 1. The first kappa shape index (κ1) is 14.6. The van der Waals surface area contributed by atoms with Crippen molar-refractivity contribution in [2.45, 2.75) is 38.0 Å². The minimum absolute atomic E-state index is 0.190. The van der Waals surface area contributed by atoms with Crippen LogP contribution in [0.15, 0.2) is 39.8 Å². The molecule has 0 aliphatic carbocycles. The Hall–Kier alpha value is -1.82. The van der Waals surface area contributed by atoms with E-state index in [4.69, 9.17) is 4.52 Å². The van der Waals surface area contributed by atoms with Crippen LogP contribution >= 0.6 is 0 Å². The SMILES string of the molecule is Cc1ccc(S(=O)(=O)Nc2cc(C(C)(C)C)on2)cc1. The van der Waals surface area contributed by atoms with Crippen LogP contribution in [-0.2, 0) is 15.4 Å². The van der Waals surface area contributed by atoms with E-state index in [2.05, 4.69) is 9.88 Å². The third-order valence-electron chi connectivity index (χ3n) is 2.82. The van der Waals surface area contributed by atoms with E-state index in [9.17, 15) is 8.42 Å². The highest BCUT2D eigenvalue weighted by atomic mass is 32.2. The van der Waals surface area contributed by atoms with Crippen molar-refractivity contribution >= 4 is 15.8 Å². The molecule has 0 fully saturated rings. The van der Waals surface area contributed by atoms with Crippen molar-refractivity contribution in [1.82, 2.24) is 5.16 Å². The van der Waals surface area contributed by atoms with Crippen LogP contribution in [0.1, 0.15) is 32.1 Å². The van der Waals surface area contributed by atoms with Gasteiger partial charge in [-0.05, 0) is 19.1 Å². The van der Waals surface area contributed by atoms with E-state index in [0.717, 1.165) is 5.56 Å². The Morgan fingerprint density at radius 3 is 2.25 bits per heavy atom. The molecule has 0 bridgehead atoms. The zero-order chi connectivity index (χ0) is 15.0. The van der Waals surface area contributed by atoms with Gasteiger partial charge in [0.25, 0.3) is 10.0 Å². The molecule has 2 aromatic rings. The lowest BCUT2D eigenvalue weighted by atomic mass is 9.93. The van der Waals surface area contributed by atoms with Crippen LogP contribution in [0.3, 0.4) is 0 Å².